The SMILES string of the molecule is CCCCNC(=O)N1CCC2(CC1)C[C@@H](CC(=O)N1CCCC1)c1ccccc1O2. The van der Waals surface area contributed by atoms with Gasteiger partial charge in [0.15, 0.2) is 0 Å². The van der Waals surface area contributed by atoms with E-state index in [1.54, 1.807) is 0 Å². The molecule has 6 nitrogen and oxygen atoms in total. The Labute approximate surface area is 179 Å². The van der Waals surface area contributed by atoms with Crippen LogP contribution in [-0.4, -0.2) is 60.1 Å². The minimum absolute atomic E-state index is 0.0373. The third kappa shape index (κ3) is 4.57. The molecular weight excluding hydrogens is 378 g/mol. The van der Waals surface area contributed by atoms with Gasteiger partial charge in [-0.3, -0.25) is 4.79 Å². The highest BCUT2D eigenvalue weighted by atomic mass is 16.5. The summed E-state index contributed by atoms with van der Waals surface area (Å²) in [4.78, 5) is 29.2. The molecule has 6 heteroatoms. The third-order valence-electron chi connectivity index (χ3n) is 6.95. The van der Waals surface area contributed by atoms with Gasteiger partial charge in [0.2, 0.25) is 5.91 Å². The molecular formula is C24H35N3O3. The fourth-order valence-electron chi connectivity index (χ4n) is 5.14. The molecule has 3 amide bonds. The van der Waals surface area contributed by atoms with E-state index in [1.807, 2.05) is 28.0 Å². The second-order valence-corrected chi connectivity index (χ2v) is 9.09. The molecule has 3 aliphatic heterocycles. The molecule has 1 atom stereocenters. The van der Waals surface area contributed by atoms with Crippen LogP contribution in [0.1, 0.15) is 69.8 Å². The number of carbonyl (C=O) groups excluding carboxylic acids is 2. The van der Waals surface area contributed by atoms with Gasteiger partial charge in [-0.2, -0.15) is 0 Å². The maximum atomic E-state index is 12.9. The van der Waals surface area contributed by atoms with Crippen molar-refractivity contribution in [2.75, 3.05) is 32.7 Å². The van der Waals surface area contributed by atoms with Crippen LogP contribution in [0.15, 0.2) is 24.3 Å². The Hall–Kier alpha value is -2.24. The summed E-state index contributed by atoms with van der Waals surface area (Å²) in [5.74, 6) is 1.38. The number of amides is 3. The monoisotopic (exact) mass is 413 g/mol. The van der Waals surface area contributed by atoms with Gasteiger partial charge in [-0.1, -0.05) is 31.5 Å². The van der Waals surface area contributed by atoms with E-state index in [9.17, 15) is 9.59 Å². The standard InChI is InChI=1S/C24H35N3O3/c1-2-3-12-25-23(29)27-15-10-24(11-16-27)18-19(17-22(28)26-13-6-7-14-26)20-8-4-5-9-21(20)30-24/h4-5,8-9,19H,2-3,6-7,10-18H2,1H3,(H,25,29)/t19-/m1/s1. The summed E-state index contributed by atoms with van der Waals surface area (Å²) >= 11 is 0. The van der Waals surface area contributed by atoms with Gasteiger partial charge in [0.1, 0.15) is 11.4 Å². The zero-order valence-corrected chi connectivity index (χ0v) is 18.2. The summed E-state index contributed by atoms with van der Waals surface area (Å²) < 4.78 is 6.54. The maximum Gasteiger partial charge on any atom is 0.317 e. The van der Waals surface area contributed by atoms with Crippen LogP contribution in [0.5, 0.6) is 5.75 Å². The van der Waals surface area contributed by atoms with E-state index in [-0.39, 0.29) is 23.5 Å². The number of benzene rings is 1. The van der Waals surface area contributed by atoms with Crippen LogP contribution < -0.4 is 10.1 Å². The zero-order chi connectivity index (χ0) is 21.0. The van der Waals surface area contributed by atoms with Crippen molar-refractivity contribution in [2.24, 2.45) is 0 Å². The topological polar surface area (TPSA) is 61.9 Å². The van der Waals surface area contributed by atoms with E-state index in [0.29, 0.717) is 19.5 Å². The molecule has 0 unspecified atom stereocenters. The number of urea groups is 1. The molecule has 1 spiro atoms. The van der Waals surface area contributed by atoms with Crippen molar-refractivity contribution in [1.82, 2.24) is 15.1 Å². The van der Waals surface area contributed by atoms with Crippen LogP contribution in [0.25, 0.3) is 0 Å². The Balaban J connectivity index is 1.42. The number of likely N-dealkylation sites (tertiary alicyclic amines) is 2. The number of unbranched alkanes of at least 4 members (excludes halogenated alkanes) is 1. The van der Waals surface area contributed by atoms with Gasteiger partial charge in [0.05, 0.1) is 0 Å². The molecule has 0 bridgehead atoms. The van der Waals surface area contributed by atoms with Crippen LogP contribution >= 0.6 is 0 Å². The fraction of sp³-hybridized carbons (Fsp3) is 0.667. The fourth-order valence-corrected chi connectivity index (χ4v) is 5.14. The first-order valence-corrected chi connectivity index (χ1v) is 11.7. The smallest absolute Gasteiger partial charge is 0.317 e. The number of carbonyl (C=O) groups is 2. The second-order valence-electron chi connectivity index (χ2n) is 9.09. The lowest BCUT2D eigenvalue weighted by atomic mass is 9.76. The number of hydrogen-bond acceptors (Lipinski definition) is 3. The van der Waals surface area contributed by atoms with Gasteiger partial charge >= 0.3 is 6.03 Å². The largest absolute Gasteiger partial charge is 0.487 e. The molecule has 1 aromatic carbocycles. The van der Waals surface area contributed by atoms with Gasteiger partial charge in [-0.25, -0.2) is 4.79 Å². The number of nitrogens with zero attached hydrogens (tertiary/aromatic N) is 2. The number of hydrogen-bond donors (Lipinski definition) is 1. The summed E-state index contributed by atoms with van der Waals surface area (Å²) in [7, 11) is 0. The molecule has 0 aliphatic carbocycles. The molecule has 1 aromatic rings. The Kier molecular flexibility index (Phi) is 6.49. The van der Waals surface area contributed by atoms with E-state index in [1.165, 1.54) is 0 Å². The molecule has 3 aliphatic rings. The van der Waals surface area contributed by atoms with Gasteiger partial charge in [-0.05, 0) is 37.3 Å². The highest BCUT2D eigenvalue weighted by molar-refractivity contribution is 5.77. The Morgan fingerprint density at radius 3 is 2.57 bits per heavy atom. The lowest BCUT2D eigenvalue weighted by Gasteiger charge is -2.47. The van der Waals surface area contributed by atoms with Crippen LogP contribution in [-0.2, 0) is 4.79 Å². The Morgan fingerprint density at radius 2 is 1.83 bits per heavy atom. The summed E-state index contributed by atoms with van der Waals surface area (Å²) in [6.07, 6.45) is 7.38. The highest BCUT2D eigenvalue weighted by Gasteiger charge is 2.44. The second kappa shape index (κ2) is 9.27. The van der Waals surface area contributed by atoms with E-state index < -0.39 is 0 Å². The number of piperidine rings is 1. The Bertz CT molecular complexity index is 752. The predicted molar refractivity (Wildman–Crippen MR) is 117 cm³/mol. The van der Waals surface area contributed by atoms with Crippen molar-refractivity contribution in [3.63, 3.8) is 0 Å². The van der Waals surface area contributed by atoms with Gasteiger partial charge in [-0.15, -0.1) is 0 Å². The van der Waals surface area contributed by atoms with Gasteiger partial charge in [0.25, 0.3) is 0 Å². The van der Waals surface area contributed by atoms with Crippen LogP contribution in [0.3, 0.4) is 0 Å². The highest BCUT2D eigenvalue weighted by Crippen LogP contribution is 2.46. The van der Waals surface area contributed by atoms with E-state index in [0.717, 1.165) is 75.9 Å². The Morgan fingerprint density at radius 1 is 1.10 bits per heavy atom. The summed E-state index contributed by atoms with van der Waals surface area (Å²) in [6.45, 7) is 6.06. The average molecular weight is 414 g/mol. The lowest BCUT2D eigenvalue weighted by Crippen LogP contribution is -2.54. The van der Waals surface area contributed by atoms with E-state index in [4.69, 9.17) is 4.74 Å². The molecule has 2 saturated heterocycles. The molecule has 30 heavy (non-hydrogen) atoms. The van der Waals surface area contributed by atoms with Gasteiger partial charge in [0, 0.05) is 57.9 Å². The van der Waals surface area contributed by atoms with Crippen LogP contribution in [0, 0.1) is 0 Å². The first kappa shape index (κ1) is 21.0. The molecule has 0 radical (unpaired) electrons. The quantitative estimate of drug-likeness (QED) is 0.745. The van der Waals surface area contributed by atoms with Crippen molar-refractivity contribution in [2.45, 2.75) is 69.8 Å². The maximum absolute atomic E-state index is 12.9. The molecule has 2 fully saturated rings. The first-order valence-electron chi connectivity index (χ1n) is 11.7. The average Bonchev–Trinajstić information content (AvgIpc) is 3.29. The molecule has 0 aromatic heterocycles. The normalized spacial score (nSPS) is 22.5. The molecule has 3 heterocycles. The summed E-state index contributed by atoms with van der Waals surface area (Å²) in [5.41, 5.74) is 0.889. The molecule has 1 N–H and O–H groups in total. The summed E-state index contributed by atoms with van der Waals surface area (Å²) in [6, 6.07) is 8.23. The number of fused-ring (bicyclic) bond motifs is 1. The number of nitrogens with one attached hydrogen (secondary N) is 1. The van der Waals surface area contributed by atoms with Crippen molar-refractivity contribution in [3.8, 4) is 5.75 Å². The van der Waals surface area contributed by atoms with Crippen molar-refractivity contribution >= 4 is 11.9 Å². The number of para-hydroxylation sites is 1. The van der Waals surface area contributed by atoms with Crippen molar-refractivity contribution in [1.29, 1.82) is 0 Å². The number of rotatable bonds is 5. The van der Waals surface area contributed by atoms with E-state index >= 15 is 0 Å². The summed E-state index contributed by atoms with van der Waals surface area (Å²) in [5, 5.41) is 3.02. The van der Waals surface area contributed by atoms with Crippen LogP contribution in [0.2, 0.25) is 0 Å². The first-order chi connectivity index (χ1) is 14.6. The predicted octanol–water partition coefficient (Wildman–Crippen LogP) is 3.91. The van der Waals surface area contributed by atoms with Crippen molar-refractivity contribution in [3.05, 3.63) is 29.8 Å². The van der Waals surface area contributed by atoms with E-state index in [2.05, 4.69) is 18.3 Å². The minimum atomic E-state index is -0.273. The minimum Gasteiger partial charge on any atom is -0.487 e. The van der Waals surface area contributed by atoms with Crippen molar-refractivity contribution < 1.29 is 14.3 Å². The molecule has 4 rings (SSSR count). The lowest BCUT2D eigenvalue weighted by molar-refractivity contribution is -0.131. The third-order valence-corrected chi connectivity index (χ3v) is 6.95. The van der Waals surface area contributed by atoms with Crippen LogP contribution in [0.4, 0.5) is 4.79 Å². The van der Waals surface area contributed by atoms with Gasteiger partial charge < -0.3 is 19.9 Å². The number of ether oxygens (including phenoxy) is 1. The molecule has 164 valence electrons. The molecule has 0 saturated carbocycles. The zero-order valence-electron chi connectivity index (χ0n) is 18.2.